The third-order valence-electron chi connectivity index (χ3n) is 5.08. The minimum atomic E-state index is -0.373. The molecule has 0 aliphatic carbocycles. The Morgan fingerprint density at radius 2 is 1.44 bits per heavy atom. The van der Waals surface area contributed by atoms with Crippen LogP contribution in [0.5, 0.6) is 0 Å². The molecule has 0 aliphatic heterocycles. The van der Waals surface area contributed by atoms with Gasteiger partial charge in [-0.2, -0.15) is 0 Å². The third-order valence-corrected chi connectivity index (χ3v) is 5.08. The zero-order valence-electron chi connectivity index (χ0n) is 17.4. The van der Waals surface area contributed by atoms with Gasteiger partial charge in [0.15, 0.2) is 0 Å². The van der Waals surface area contributed by atoms with E-state index in [-0.39, 0.29) is 5.91 Å². The van der Waals surface area contributed by atoms with E-state index in [0.717, 1.165) is 18.5 Å². The number of pyridine rings is 1. The fraction of sp³-hybridized carbons (Fsp3) is 0.667. The number of hydrogen-bond acceptors (Lipinski definition) is 2. The first-order chi connectivity index (χ1) is 13.3. The Bertz CT molecular complexity index is 525. The van der Waals surface area contributed by atoms with Crippen molar-refractivity contribution in [3.8, 4) is 0 Å². The van der Waals surface area contributed by atoms with Gasteiger partial charge in [-0.15, -0.1) is 0 Å². The van der Waals surface area contributed by atoms with E-state index in [0.29, 0.717) is 5.56 Å². The second-order valence-electron chi connectivity index (χ2n) is 7.55. The number of primary amides is 1. The van der Waals surface area contributed by atoms with Crippen molar-refractivity contribution in [2.45, 2.75) is 103 Å². The van der Waals surface area contributed by atoms with Gasteiger partial charge in [-0.3, -0.25) is 9.78 Å². The fourth-order valence-corrected chi connectivity index (χ4v) is 3.40. The van der Waals surface area contributed by atoms with Gasteiger partial charge in [0.25, 0.3) is 5.91 Å². The molecule has 1 rings (SSSR count). The lowest BCUT2D eigenvalue weighted by Crippen LogP contribution is -2.14. The average molecular weight is 373 g/mol. The van der Waals surface area contributed by atoms with Crippen LogP contribution in [0.25, 0.3) is 0 Å². The summed E-state index contributed by atoms with van der Waals surface area (Å²) in [6.45, 7) is 2.27. The van der Waals surface area contributed by atoms with Crippen molar-refractivity contribution in [3.63, 3.8) is 0 Å². The van der Waals surface area contributed by atoms with Gasteiger partial charge in [-0.05, 0) is 50.7 Å². The highest BCUT2D eigenvalue weighted by atomic mass is 16.1. The molecule has 3 heteroatoms. The maximum absolute atomic E-state index is 11.4. The number of rotatable bonds is 17. The van der Waals surface area contributed by atoms with E-state index in [2.05, 4.69) is 24.1 Å². The zero-order valence-corrected chi connectivity index (χ0v) is 17.4. The largest absolute Gasteiger partial charge is 0.366 e. The Morgan fingerprint density at radius 1 is 0.889 bits per heavy atom. The van der Waals surface area contributed by atoms with Gasteiger partial charge in [0.2, 0.25) is 0 Å². The number of nitrogens with zero attached hydrogens (tertiary/aromatic N) is 1. The number of aromatic nitrogens is 1. The summed E-state index contributed by atoms with van der Waals surface area (Å²) in [6.07, 6.45) is 25.6. The maximum atomic E-state index is 11.4. The van der Waals surface area contributed by atoms with Crippen LogP contribution < -0.4 is 5.73 Å². The lowest BCUT2D eigenvalue weighted by atomic mass is 10.0. The summed E-state index contributed by atoms with van der Waals surface area (Å²) in [5, 5.41) is 0. The molecule has 0 bridgehead atoms. The highest BCUT2D eigenvalue weighted by molar-refractivity contribution is 5.93. The molecular formula is C24H40N2O. The van der Waals surface area contributed by atoms with Gasteiger partial charge < -0.3 is 5.73 Å². The van der Waals surface area contributed by atoms with Gasteiger partial charge in [0.05, 0.1) is 11.3 Å². The first-order valence-corrected chi connectivity index (χ1v) is 11.1. The Hall–Kier alpha value is -1.64. The summed E-state index contributed by atoms with van der Waals surface area (Å²) in [4.78, 5) is 15.7. The van der Waals surface area contributed by atoms with E-state index in [1.165, 1.54) is 83.5 Å². The molecule has 0 fully saturated rings. The van der Waals surface area contributed by atoms with Crippen LogP contribution in [0.1, 0.15) is 113 Å². The van der Waals surface area contributed by atoms with E-state index in [1.54, 1.807) is 18.3 Å². The molecule has 1 amide bonds. The Kier molecular flexibility index (Phi) is 14.3. The third kappa shape index (κ3) is 12.4. The van der Waals surface area contributed by atoms with E-state index in [1.807, 2.05) is 0 Å². The second kappa shape index (κ2) is 16.5. The molecule has 1 heterocycles. The number of allylic oxidation sites excluding steroid dienone is 2. The van der Waals surface area contributed by atoms with Crippen LogP contribution in [-0.2, 0) is 6.42 Å². The summed E-state index contributed by atoms with van der Waals surface area (Å²) < 4.78 is 0. The summed E-state index contributed by atoms with van der Waals surface area (Å²) in [5.41, 5.74) is 6.81. The molecule has 27 heavy (non-hydrogen) atoms. The van der Waals surface area contributed by atoms with Crippen LogP contribution in [-0.4, -0.2) is 10.9 Å². The monoisotopic (exact) mass is 372 g/mol. The topological polar surface area (TPSA) is 56.0 Å². The first-order valence-electron chi connectivity index (χ1n) is 11.1. The Balaban J connectivity index is 1.91. The van der Waals surface area contributed by atoms with Crippen molar-refractivity contribution in [2.24, 2.45) is 5.73 Å². The van der Waals surface area contributed by atoms with E-state index in [9.17, 15) is 4.79 Å². The van der Waals surface area contributed by atoms with Gasteiger partial charge in [-0.25, -0.2) is 0 Å². The first kappa shape index (κ1) is 23.4. The molecule has 0 saturated carbocycles. The summed E-state index contributed by atoms with van der Waals surface area (Å²) in [7, 11) is 0. The average Bonchev–Trinajstić information content (AvgIpc) is 2.68. The summed E-state index contributed by atoms with van der Waals surface area (Å²) in [5.74, 6) is -0.373. The van der Waals surface area contributed by atoms with Crippen LogP contribution in [0.2, 0.25) is 0 Å². The molecule has 1 aromatic heterocycles. The van der Waals surface area contributed by atoms with E-state index < -0.39 is 0 Å². The molecule has 152 valence electrons. The van der Waals surface area contributed by atoms with Crippen LogP contribution in [0.15, 0.2) is 30.5 Å². The lowest BCUT2D eigenvalue weighted by molar-refractivity contribution is 0.0999. The molecule has 0 radical (unpaired) electrons. The quantitative estimate of drug-likeness (QED) is 0.242. The number of aryl methyl sites for hydroxylation is 1. The Labute approximate surface area is 166 Å². The second-order valence-corrected chi connectivity index (χ2v) is 7.55. The number of amides is 1. The SMILES string of the molecule is CCCCCCCC/C=C\CCCCCCCCc1ncccc1C(N)=O. The van der Waals surface area contributed by atoms with Crippen molar-refractivity contribution in [1.29, 1.82) is 0 Å². The highest BCUT2D eigenvalue weighted by Crippen LogP contribution is 2.13. The standard InChI is InChI=1S/C24H40N2O/c1-2-3-4-5-6-7-8-9-10-11-12-13-14-15-16-17-20-23-22(24(25)27)19-18-21-26-23/h9-10,18-19,21H,2-8,11-17,20H2,1H3,(H2,25,27)/b10-9-. The van der Waals surface area contributed by atoms with E-state index in [4.69, 9.17) is 5.73 Å². The fourth-order valence-electron chi connectivity index (χ4n) is 3.40. The van der Waals surface area contributed by atoms with Crippen LogP contribution in [0.4, 0.5) is 0 Å². The van der Waals surface area contributed by atoms with Gasteiger partial charge in [0.1, 0.15) is 0 Å². The molecule has 3 nitrogen and oxygen atoms in total. The van der Waals surface area contributed by atoms with Gasteiger partial charge >= 0.3 is 0 Å². The predicted octanol–water partition coefficient (Wildman–Crippen LogP) is 6.76. The minimum Gasteiger partial charge on any atom is -0.366 e. The highest BCUT2D eigenvalue weighted by Gasteiger charge is 2.07. The summed E-state index contributed by atoms with van der Waals surface area (Å²) in [6, 6.07) is 3.54. The molecule has 0 atom stereocenters. The van der Waals surface area contributed by atoms with Crippen molar-refractivity contribution in [1.82, 2.24) is 4.98 Å². The number of carbonyl (C=O) groups excluding carboxylic acids is 1. The Morgan fingerprint density at radius 3 is 2.04 bits per heavy atom. The molecule has 0 aliphatic rings. The number of unbranched alkanes of at least 4 members (excludes halogenated alkanes) is 12. The number of hydrogen-bond donors (Lipinski definition) is 1. The maximum Gasteiger partial charge on any atom is 0.250 e. The number of nitrogens with two attached hydrogens (primary N) is 1. The normalized spacial score (nSPS) is 11.3. The predicted molar refractivity (Wildman–Crippen MR) is 116 cm³/mol. The minimum absolute atomic E-state index is 0.373. The molecule has 0 aromatic carbocycles. The van der Waals surface area contributed by atoms with Crippen LogP contribution in [0.3, 0.4) is 0 Å². The van der Waals surface area contributed by atoms with E-state index >= 15 is 0 Å². The van der Waals surface area contributed by atoms with Crippen molar-refractivity contribution in [2.75, 3.05) is 0 Å². The molecule has 0 unspecified atom stereocenters. The molecule has 2 N–H and O–H groups in total. The number of carbonyl (C=O) groups is 1. The van der Waals surface area contributed by atoms with Crippen molar-refractivity contribution < 1.29 is 4.79 Å². The van der Waals surface area contributed by atoms with Crippen LogP contribution >= 0.6 is 0 Å². The van der Waals surface area contributed by atoms with Gasteiger partial charge in [-0.1, -0.05) is 76.9 Å². The molecular weight excluding hydrogens is 332 g/mol. The van der Waals surface area contributed by atoms with Crippen molar-refractivity contribution >= 4 is 5.91 Å². The van der Waals surface area contributed by atoms with Crippen molar-refractivity contribution in [3.05, 3.63) is 41.7 Å². The smallest absolute Gasteiger partial charge is 0.250 e. The lowest BCUT2D eigenvalue weighted by Gasteiger charge is -2.05. The summed E-state index contributed by atoms with van der Waals surface area (Å²) >= 11 is 0. The van der Waals surface area contributed by atoms with Gasteiger partial charge in [0, 0.05) is 6.20 Å². The zero-order chi connectivity index (χ0) is 19.6. The van der Waals surface area contributed by atoms with Crippen LogP contribution in [0, 0.1) is 0 Å². The molecule has 1 aromatic rings. The molecule has 0 spiro atoms. The molecule has 0 saturated heterocycles.